The monoisotopic (exact) mass is 517 g/mol. The van der Waals surface area contributed by atoms with E-state index in [0.717, 1.165) is 16.8 Å². The molecule has 1 aliphatic rings. The Morgan fingerprint density at radius 1 is 0.973 bits per heavy atom. The van der Waals surface area contributed by atoms with Crippen molar-refractivity contribution in [2.24, 2.45) is 0 Å². The molecule has 8 heteroatoms. The summed E-state index contributed by atoms with van der Waals surface area (Å²) in [6, 6.07) is 23.2. The fraction of sp³-hybridized carbons (Fsp3) is 0.241. The maximum absolute atomic E-state index is 13.5. The Bertz CT molecular complexity index is 1380. The quantitative estimate of drug-likeness (QED) is 0.306. The fourth-order valence-corrected chi connectivity index (χ4v) is 4.61. The number of methoxy groups -OCH3 is 1. The molecule has 0 bridgehead atoms. The molecule has 190 valence electrons. The minimum Gasteiger partial charge on any atom is -0.493 e. The molecular weight excluding hydrogens is 490 g/mol. The third-order valence-electron chi connectivity index (χ3n) is 6.34. The third-order valence-corrected chi connectivity index (χ3v) is 6.58. The normalized spacial score (nSPS) is 13.5. The summed E-state index contributed by atoms with van der Waals surface area (Å²) in [5.41, 5.74) is 3.33. The topological polar surface area (TPSA) is 68.0 Å². The number of hydrogen-bond donors (Lipinski definition) is 0. The lowest BCUT2D eigenvalue weighted by atomic mass is 10.1. The Kier molecular flexibility index (Phi) is 7.32. The van der Waals surface area contributed by atoms with Gasteiger partial charge in [0, 0.05) is 49.4 Å². The second-order valence-electron chi connectivity index (χ2n) is 8.81. The Morgan fingerprint density at radius 3 is 2.49 bits per heavy atom. The molecule has 0 spiro atoms. The summed E-state index contributed by atoms with van der Waals surface area (Å²) < 4.78 is 17.4. The number of rotatable bonds is 7. The highest BCUT2D eigenvalue weighted by Crippen LogP contribution is 2.35. The van der Waals surface area contributed by atoms with Gasteiger partial charge in [0.15, 0.2) is 17.4 Å². The van der Waals surface area contributed by atoms with Gasteiger partial charge in [-0.15, -0.1) is 0 Å². The summed E-state index contributed by atoms with van der Waals surface area (Å²) >= 11 is 6.15. The minimum atomic E-state index is -0.176. The molecule has 0 unspecified atom stereocenters. The lowest BCUT2D eigenvalue weighted by Crippen LogP contribution is -2.48. The average Bonchev–Trinajstić information content (AvgIpc) is 3.33. The second-order valence-corrected chi connectivity index (χ2v) is 9.25. The largest absolute Gasteiger partial charge is 0.493 e. The number of carbonyl (C=O) groups is 1. The van der Waals surface area contributed by atoms with Gasteiger partial charge in [0.2, 0.25) is 5.76 Å². The number of nitrogens with zero attached hydrogens (tertiary/aromatic N) is 3. The van der Waals surface area contributed by atoms with Crippen molar-refractivity contribution in [3.8, 4) is 22.8 Å². The van der Waals surface area contributed by atoms with Crippen LogP contribution in [0, 0.1) is 6.92 Å². The van der Waals surface area contributed by atoms with Crippen molar-refractivity contribution >= 4 is 23.2 Å². The van der Waals surface area contributed by atoms with E-state index in [1.807, 2.05) is 72.8 Å². The van der Waals surface area contributed by atoms with Crippen molar-refractivity contribution in [3.63, 3.8) is 0 Å². The van der Waals surface area contributed by atoms with Gasteiger partial charge < -0.3 is 23.7 Å². The van der Waals surface area contributed by atoms with Gasteiger partial charge in [-0.05, 0) is 42.0 Å². The van der Waals surface area contributed by atoms with Gasteiger partial charge in [-0.3, -0.25) is 4.79 Å². The molecule has 0 aliphatic carbocycles. The van der Waals surface area contributed by atoms with Gasteiger partial charge in [-0.25, -0.2) is 4.98 Å². The Balaban J connectivity index is 1.32. The maximum Gasteiger partial charge on any atom is 0.292 e. The van der Waals surface area contributed by atoms with Gasteiger partial charge >= 0.3 is 0 Å². The summed E-state index contributed by atoms with van der Waals surface area (Å²) in [6.45, 7) is 4.71. The number of piperazine rings is 1. The zero-order chi connectivity index (χ0) is 25.8. The number of anilines is 1. The van der Waals surface area contributed by atoms with Crippen LogP contribution in [0.3, 0.4) is 0 Å². The van der Waals surface area contributed by atoms with Crippen molar-refractivity contribution in [3.05, 3.63) is 95.0 Å². The number of hydrogen-bond acceptors (Lipinski definition) is 6. The third kappa shape index (κ3) is 5.57. The van der Waals surface area contributed by atoms with E-state index in [1.54, 1.807) is 18.9 Å². The molecule has 1 saturated heterocycles. The van der Waals surface area contributed by atoms with E-state index in [9.17, 15) is 4.79 Å². The van der Waals surface area contributed by atoms with Crippen LogP contribution in [-0.2, 0) is 6.61 Å². The summed E-state index contributed by atoms with van der Waals surface area (Å²) in [4.78, 5) is 22.0. The van der Waals surface area contributed by atoms with Crippen LogP contribution in [0.2, 0.25) is 5.02 Å². The zero-order valence-corrected chi connectivity index (χ0v) is 21.6. The molecule has 7 nitrogen and oxygen atoms in total. The Labute approximate surface area is 221 Å². The average molecular weight is 518 g/mol. The molecule has 37 heavy (non-hydrogen) atoms. The van der Waals surface area contributed by atoms with Crippen LogP contribution in [0.1, 0.15) is 22.0 Å². The second kappa shape index (κ2) is 11.0. The van der Waals surface area contributed by atoms with Crippen molar-refractivity contribution in [2.45, 2.75) is 13.5 Å². The smallest absolute Gasteiger partial charge is 0.292 e. The van der Waals surface area contributed by atoms with Gasteiger partial charge in [0.25, 0.3) is 5.91 Å². The van der Waals surface area contributed by atoms with Crippen LogP contribution in [0.25, 0.3) is 11.3 Å². The summed E-state index contributed by atoms with van der Waals surface area (Å²) in [6.07, 6.45) is 0. The molecule has 4 aromatic rings. The highest BCUT2D eigenvalue weighted by molar-refractivity contribution is 6.30. The fourth-order valence-electron chi connectivity index (χ4n) is 4.42. The van der Waals surface area contributed by atoms with E-state index in [2.05, 4.69) is 9.88 Å². The molecule has 0 N–H and O–H groups in total. The number of aromatic nitrogens is 1. The van der Waals surface area contributed by atoms with Crippen LogP contribution in [0.4, 0.5) is 5.69 Å². The van der Waals surface area contributed by atoms with E-state index in [4.69, 9.17) is 25.5 Å². The summed E-state index contributed by atoms with van der Waals surface area (Å²) in [5, 5.41) is 0.699. The first kappa shape index (κ1) is 24.7. The van der Waals surface area contributed by atoms with E-state index >= 15 is 0 Å². The first-order chi connectivity index (χ1) is 18.0. The molecule has 0 radical (unpaired) electrons. The molecule has 0 saturated carbocycles. The number of amides is 1. The lowest BCUT2D eigenvalue weighted by Gasteiger charge is -2.35. The SMILES string of the molecule is COc1cc(-c2nc(C)oc2C(=O)N2CCN(c3cccc(Cl)c3)CC2)ccc1OCc1ccccc1. The molecule has 1 aliphatic heterocycles. The predicted octanol–water partition coefficient (Wildman–Crippen LogP) is 5.85. The van der Waals surface area contributed by atoms with Crippen LogP contribution in [-0.4, -0.2) is 49.1 Å². The number of ether oxygens (including phenoxy) is 2. The standard InChI is InChI=1S/C29H28ClN3O4/c1-20-31-27(22-11-12-25(26(17-22)35-2)36-19-21-7-4-3-5-8-21)28(37-20)29(34)33-15-13-32(14-16-33)24-10-6-9-23(30)18-24/h3-12,17-18H,13-16,19H2,1-2H3. The van der Waals surface area contributed by atoms with E-state index < -0.39 is 0 Å². The maximum atomic E-state index is 13.5. The van der Waals surface area contributed by atoms with Crippen molar-refractivity contribution in [1.82, 2.24) is 9.88 Å². The first-order valence-corrected chi connectivity index (χ1v) is 12.5. The van der Waals surface area contributed by atoms with E-state index in [-0.39, 0.29) is 11.7 Å². The van der Waals surface area contributed by atoms with E-state index in [1.165, 1.54) is 0 Å². The summed E-state index contributed by atoms with van der Waals surface area (Å²) in [7, 11) is 1.59. The highest BCUT2D eigenvalue weighted by Gasteiger charge is 2.29. The number of carbonyl (C=O) groups excluding carboxylic acids is 1. The summed E-state index contributed by atoms with van der Waals surface area (Å²) in [5.74, 6) is 1.65. The van der Waals surface area contributed by atoms with Crippen molar-refractivity contribution < 1.29 is 18.7 Å². The van der Waals surface area contributed by atoms with Crippen LogP contribution in [0.15, 0.2) is 77.2 Å². The molecule has 1 aromatic heterocycles. The first-order valence-electron chi connectivity index (χ1n) is 12.1. The molecule has 5 rings (SSSR count). The number of halogens is 1. The Morgan fingerprint density at radius 2 is 1.76 bits per heavy atom. The lowest BCUT2D eigenvalue weighted by molar-refractivity contribution is 0.0714. The van der Waals surface area contributed by atoms with Gasteiger partial charge in [-0.2, -0.15) is 0 Å². The van der Waals surface area contributed by atoms with Crippen LogP contribution >= 0.6 is 11.6 Å². The minimum absolute atomic E-state index is 0.176. The van der Waals surface area contributed by atoms with Gasteiger partial charge in [0.05, 0.1) is 7.11 Å². The highest BCUT2D eigenvalue weighted by atomic mass is 35.5. The zero-order valence-electron chi connectivity index (χ0n) is 20.8. The van der Waals surface area contributed by atoms with E-state index in [0.29, 0.717) is 60.9 Å². The number of oxazole rings is 1. The van der Waals surface area contributed by atoms with Crippen molar-refractivity contribution in [2.75, 3.05) is 38.2 Å². The molecule has 1 fully saturated rings. The van der Waals surface area contributed by atoms with Crippen molar-refractivity contribution in [1.29, 1.82) is 0 Å². The molecule has 0 atom stereocenters. The number of benzene rings is 3. The molecular formula is C29H28ClN3O4. The molecule has 2 heterocycles. The van der Waals surface area contributed by atoms with Crippen LogP contribution in [0.5, 0.6) is 11.5 Å². The predicted molar refractivity (Wildman–Crippen MR) is 144 cm³/mol. The van der Waals surface area contributed by atoms with Gasteiger partial charge in [0.1, 0.15) is 12.3 Å². The molecule has 1 amide bonds. The van der Waals surface area contributed by atoms with Gasteiger partial charge in [-0.1, -0.05) is 48.0 Å². The molecule has 3 aromatic carbocycles. The number of aryl methyl sites for hydroxylation is 1. The Hall–Kier alpha value is -3.97. The van der Waals surface area contributed by atoms with Crippen LogP contribution < -0.4 is 14.4 Å².